The number of carbonyl (C=O) groups is 4. The van der Waals surface area contributed by atoms with E-state index in [1.54, 1.807) is 108 Å². The molecule has 1 heterocycles. The first-order chi connectivity index (χ1) is 37.7. The van der Waals surface area contributed by atoms with Gasteiger partial charge >= 0.3 is 18.3 Å². The van der Waals surface area contributed by atoms with Crippen molar-refractivity contribution in [2.45, 2.75) is 88.2 Å². The minimum Gasteiger partial charge on any atom is -0.497 e. The Balaban J connectivity index is 1.69. The second-order valence-corrected chi connectivity index (χ2v) is 23.4. The van der Waals surface area contributed by atoms with Crippen LogP contribution in [0.4, 0.5) is 31.4 Å². The Morgan fingerprint density at radius 3 is 1.89 bits per heavy atom. The van der Waals surface area contributed by atoms with Crippen LogP contribution in [0.3, 0.4) is 0 Å². The third kappa shape index (κ3) is 16.5. The van der Waals surface area contributed by atoms with E-state index in [4.69, 9.17) is 34.4 Å². The number of aliphatic imine (C=N–C) groups is 1. The molecule has 80 heavy (non-hydrogen) atoms. The van der Waals surface area contributed by atoms with Crippen LogP contribution in [-0.4, -0.2) is 114 Å². The summed E-state index contributed by atoms with van der Waals surface area (Å²) >= 11 is 0. The van der Waals surface area contributed by atoms with Crippen molar-refractivity contribution in [3.63, 3.8) is 0 Å². The van der Waals surface area contributed by atoms with Crippen LogP contribution in [0, 0.1) is 0 Å². The summed E-state index contributed by atoms with van der Waals surface area (Å²) in [6.07, 6.45) is -3.37. The van der Waals surface area contributed by atoms with Crippen LogP contribution in [0.25, 0.3) is 11.1 Å². The molecule has 5 aromatic carbocycles. The number of hydrogen-bond acceptors (Lipinski definition) is 18. The van der Waals surface area contributed by atoms with Gasteiger partial charge in [0.25, 0.3) is 0 Å². The fraction of sp³-hybridized carbons (Fsp3) is 0.340. The molecule has 0 radical (unpaired) electrons. The summed E-state index contributed by atoms with van der Waals surface area (Å²) in [5, 5.41) is 27.7. The molecule has 1 aliphatic heterocycles. The smallest absolute Gasteiger partial charge is 0.408 e. The van der Waals surface area contributed by atoms with Gasteiger partial charge in [-0.2, -0.15) is 9.42 Å². The topological polar surface area (TPSA) is 341 Å². The van der Waals surface area contributed by atoms with E-state index in [1.807, 2.05) is 0 Å². The van der Waals surface area contributed by atoms with Gasteiger partial charge in [0, 0.05) is 37.3 Å². The number of nitrogens with zero attached hydrogens (tertiary/aromatic N) is 4. The van der Waals surface area contributed by atoms with E-state index >= 15 is 16.8 Å². The quantitative estimate of drug-likeness (QED) is 0.0350. The van der Waals surface area contributed by atoms with E-state index in [0.29, 0.717) is 28.2 Å². The maximum Gasteiger partial charge on any atom is 0.408 e. The summed E-state index contributed by atoms with van der Waals surface area (Å²) in [5.41, 5.74) is 8.86. The van der Waals surface area contributed by atoms with E-state index in [2.05, 4.69) is 41.8 Å². The summed E-state index contributed by atoms with van der Waals surface area (Å²) in [6, 6.07) is 23.2. The zero-order valence-electron chi connectivity index (χ0n) is 45.5. The number of para-hydroxylation sites is 1. The van der Waals surface area contributed by atoms with Gasteiger partial charge in [0.05, 0.1) is 45.3 Å². The minimum atomic E-state index is -5.28. The maximum atomic E-state index is 16.5. The molecule has 0 aromatic heterocycles. The average Bonchev–Trinajstić information content (AvgIpc) is 3.47. The molecule has 0 spiro atoms. The van der Waals surface area contributed by atoms with Crippen molar-refractivity contribution in [1.82, 2.24) is 30.4 Å². The van der Waals surface area contributed by atoms with Crippen LogP contribution in [0.1, 0.15) is 63.8 Å². The predicted molar refractivity (Wildman–Crippen MR) is 297 cm³/mol. The number of fused-ring (bicyclic) bond motifs is 2. The van der Waals surface area contributed by atoms with Crippen molar-refractivity contribution in [3.8, 4) is 28.4 Å². The monoisotopic (exact) mass is 1140 g/mol. The van der Waals surface area contributed by atoms with Gasteiger partial charge in [-0.25, -0.2) is 46.4 Å². The number of anilines is 2. The lowest BCUT2D eigenvalue weighted by molar-refractivity contribution is -0.115. The number of nitrogens with two attached hydrogens (primary N) is 1. The van der Waals surface area contributed by atoms with E-state index in [0.717, 1.165) is 10.4 Å². The molecule has 1 atom stereocenters. The van der Waals surface area contributed by atoms with Crippen molar-refractivity contribution in [2.75, 3.05) is 52.0 Å². The third-order valence-electron chi connectivity index (χ3n) is 11.4. The summed E-state index contributed by atoms with van der Waals surface area (Å²) < 4.78 is 94.5. The highest BCUT2D eigenvalue weighted by atomic mass is 32.2. The summed E-state index contributed by atoms with van der Waals surface area (Å²) in [7, 11) is -6.17. The lowest BCUT2D eigenvalue weighted by atomic mass is 9.96. The number of nitrogen functional groups attached to an aromatic ring is 1. The number of methoxy groups -OCH3 is 3. The van der Waals surface area contributed by atoms with Gasteiger partial charge in [-0.3, -0.25) is 4.79 Å². The number of benzene rings is 5. The molecular weight excluding hydrogens is 1080 g/mol. The summed E-state index contributed by atoms with van der Waals surface area (Å²) in [5.74, 6) is 0.0218. The molecule has 6 rings (SSSR count). The van der Waals surface area contributed by atoms with Gasteiger partial charge in [-0.1, -0.05) is 53.8 Å². The molecule has 4 amide bonds. The lowest BCUT2D eigenvalue weighted by Crippen LogP contribution is -2.50. The molecule has 1 unspecified atom stereocenters. The van der Waals surface area contributed by atoms with Crippen molar-refractivity contribution < 1.29 is 64.8 Å². The van der Waals surface area contributed by atoms with Crippen LogP contribution in [0.15, 0.2) is 122 Å². The molecule has 27 heteroatoms. The first-order valence-corrected chi connectivity index (χ1v) is 27.6. The number of carboxylic acid groups (broad SMARTS) is 1. The van der Waals surface area contributed by atoms with E-state index in [-0.39, 0.29) is 53.6 Å². The van der Waals surface area contributed by atoms with E-state index < -0.39 is 102 Å². The first kappa shape index (κ1) is 60.7. The first-order valence-electron chi connectivity index (χ1n) is 24.6. The van der Waals surface area contributed by atoms with Crippen LogP contribution in [0.2, 0.25) is 0 Å². The number of carbonyl (C=O) groups excluding carboxylic acids is 3. The minimum absolute atomic E-state index is 0.00229. The Labute approximate surface area is 463 Å². The molecule has 1 aliphatic rings. The third-order valence-corrected chi connectivity index (χ3v) is 15.0. The highest BCUT2D eigenvalue weighted by molar-refractivity contribution is 7.92. The Morgan fingerprint density at radius 1 is 0.738 bits per heavy atom. The lowest BCUT2D eigenvalue weighted by Gasteiger charge is -2.28. The summed E-state index contributed by atoms with van der Waals surface area (Å²) in [6.45, 7) is 7.29. The normalized spacial score (nSPS) is 13.0. The number of amides is 4. The van der Waals surface area contributed by atoms with Crippen molar-refractivity contribution in [3.05, 3.63) is 119 Å². The Kier molecular flexibility index (Phi) is 19.7. The molecule has 9 N–H and O–H groups in total. The Hall–Kier alpha value is -8.53. The molecule has 0 saturated carbocycles. The van der Waals surface area contributed by atoms with Crippen LogP contribution in [0.5, 0.6) is 17.2 Å². The molecule has 25 nitrogen and oxygen atoms in total. The van der Waals surface area contributed by atoms with Gasteiger partial charge in [-0.15, -0.1) is 0 Å². The Morgan fingerprint density at radius 2 is 1.32 bits per heavy atom. The standard InChI is InChI=1S/C53H65N11O14S2/c1-52(2,3)77-50(68)56-28-35(27-55-49(66)67)62-79(70,71)43-24-22-38(39-11-10-12-40(46(39)54)59-44(65)29-57-51(69)78-53(4,5)6)45(48-60-41-25-34(26-58-63-61-48)17-23-42(41)76-9)47(43)80(72,73)64(30-32-13-18-36(74-7)19-14-32)31-33-15-20-37(75-8)21-16-33/h10-25,35,55,62H,26-31,54H2,1-9H3,(H,56,68)(H,57,69)(H,59,65)(H,66,67)(H,58,60,61). The average molecular weight is 1140 g/mol. The van der Waals surface area contributed by atoms with Gasteiger partial charge in [-0.05, 0) is 112 Å². The molecule has 0 fully saturated rings. The molecule has 428 valence electrons. The molecule has 0 saturated heterocycles. The highest BCUT2D eigenvalue weighted by Crippen LogP contribution is 2.42. The SMILES string of the molecule is COc1ccc(CN(Cc2ccc(OC)cc2)S(=O)(=O)c2c(S(=O)(=O)NC(CNC(=O)O)CNC(=O)OC(C)(C)C)ccc(-c3cccc(NC(=O)CNC(=O)OC(C)(C)C)c3N)c2C2=Nc3cc(ccc3OC)CN=NN2)cc1. The Bertz CT molecular complexity index is 3310. The number of nitrogens with one attached hydrogen (secondary N) is 6. The maximum absolute atomic E-state index is 16.5. The number of hydrogen-bond donors (Lipinski definition) is 8. The molecule has 0 aliphatic carbocycles. The van der Waals surface area contributed by atoms with Gasteiger partial charge in [0.1, 0.15) is 50.5 Å². The van der Waals surface area contributed by atoms with Crippen LogP contribution >= 0.6 is 0 Å². The molecule has 2 bridgehead atoms. The van der Waals surface area contributed by atoms with Crippen molar-refractivity contribution in [2.24, 2.45) is 15.3 Å². The summed E-state index contributed by atoms with van der Waals surface area (Å²) in [4.78, 5) is 53.8. The number of amidine groups is 1. The fourth-order valence-electron chi connectivity index (χ4n) is 7.83. The molecule has 5 aromatic rings. The van der Waals surface area contributed by atoms with E-state index in [1.165, 1.54) is 45.6 Å². The van der Waals surface area contributed by atoms with Gasteiger partial charge in [0.15, 0.2) is 5.84 Å². The van der Waals surface area contributed by atoms with Gasteiger partial charge < -0.3 is 55.8 Å². The second kappa shape index (κ2) is 26.0. The van der Waals surface area contributed by atoms with Crippen LogP contribution in [-0.2, 0) is 53.9 Å². The fourth-order valence-corrected chi connectivity index (χ4v) is 11.5. The zero-order valence-corrected chi connectivity index (χ0v) is 47.1. The highest BCUT2D eigenvalue weighted by Gasteiger charge is 2.39. The number of rotatable bonds is 21. The van der Waals surface area contributed by atoms with Gasteiger partial charge in [0.2, 0.25) is 26.0 Å². The van der Waals surface area contributed by atoms with E-state index in [9.17, 15) is 24.3 Å². The zero-order chi connectivity index (χ0) is 58.6. The predicted octanol–water partition coefficient (Wildman–Crippen LogP) is 6.80. The number of alkyl carbamates (subject to hydrolysis) is 2. The molecular formula is C53H65N11O14S2. The number of sulfonamides is 2. The largest absolute Gasteiger partial charge is 0.497 e. The van der Waals surface area contributed by atoms with Crippen LogP contribution < -0.4 is 51.4 Å². The second-order valence-electron chi connectivity index (χ2n) is 19.8. The number of ether oxygens (including phenoxy) is 5. The van der Waals surface area contributed by atoms with Crippen molar-refractivity contribution in [1.29, 1.82) is 0 Å². The van der Waals surface area contributed by atoms with Crippen molar-refractivity contribution >= 4 is 67.1 Å².